The van der Waals surface area contributed by atoms with Gasteiger partial charge in [-0.15, -0.1) is 0 Å². The minimum absolute atomic E-state index is 0.187. The van der Waals surface area contributed by atoms with E-state index in [9.17, 15) is 13.6 Å². The molecule has 0 aliphatic carbocycles. The van der Waals surface area contributed by atoms with E-state index in [1.807, 2.05) is 22.6 Å². The van der Waals surface area contributed by atoms with E-state index in [0.29, 0.717) is 9.13 Å². The summed E-state index contributed by atoms with van der Waals surface area (Å²) in [5.74, 6) is 0. The molecular formula is C8H5ClF2INO. The summed E-state index contributed by atoms with van der Waals surface area (Å²) < 4.78 is 25.5. The molecule has 0 saturated carbocycles. The van der Waals surface area contributed by atoms with Crippen molar-refractivity contribution in [2.45, 2.75) is 13.3 Å². The van der Waals surface area contributed by atoms with Crippen molar-refractivity contribution >= 4 is 39.4 Å². The Bertz CT molecular complexity index is 384. The van der Waals surface area contributed by atoms with Crippen LogP contribution in [0, 0.1) is 10.5 Å². The average Bonchev–Trinajstić information content (AvgIpc) is 2.08. The molecule has 2 nitrogen and oxygen atoms in total. The molecule has 0 aliphatic heterocycles. The van der Waals surface area contributed by atoms with E-state index in [-0.39, 0.29) is 5.56 Å². The van der Waals surface area contributed by atoms with Crippen molar-refractivity contribution in [2.24, 2.45) is 0 Å². The van der Waals surface area contributed by atoms with E-state index in [1.165, 1.54) is 6.20 Å². The molecule has 1 aromatic heterocycles. The number of alkyl halides is 2. The molecule has 0 spiro atoms. The first kappa shape index (κ1) is 11.8. The Labute approximate surface area is 97.8 Å². The molecule has 0 saturated heterocycles. The highest BCUT2D eigenvalue weighted by Crippen LogP contribution is 2.26. The summed E-state index contributed by atoms with van der Waals surface area (Å²) in [4.78, 5) is 14.4. The molecule has 0 aromatic carbocycles. The van der Waals surface area contributed by atoms with Crippen molar-refractivity contribution in [3.8, 4) is 0 Å². The average molecular weight is 331 g/mol. The van der Waals surface area contributed by atoms with Crippen LogP contribution in [0.15, 0.2) is 6.20 Å². The predicted octanol–water partition coefficient (Wildman–Crippen LogP) is 3.31. The number of carbonyl (C=O) groups excluding carboxylic acids is 1. The van der Waals surface area contributed by atoms with Crippen molar-refractivity contribution in [2.75, 3.05) is 0 Å². The summed E-state index contributed by atoms with van der Waals surface area (Å²) >= 11 is 7.12. The number of hydrogen-bond acceptors (Lipinski definition) is 2. The topological polar surface area (TPSA) is 30.0 Å². The van der Waals surface area contributed by atoms with Crippen molar-refractivity contribution < 1.29 is 13.6 Å². The summed E-state index contributed by atoms with van der Waals surface area (Å²) in [5, 5.41) is -0.899. The van der Waals surface area contributed by atoms with Crippen LogP contribution in [-0.4, -0.2) is 10.2 Å². The van der Waals surface area contributed by atoms with Gasteiger partial charge in [-0.25, -0.2) is 8.78 Å². The molecule has 76 valence electrons. The number of carbonyl (C=O) groups is 1. The van der Waals surface area contributed by atoms with E-state index in [0.717, 1.165) is 0 Å². The maximum absolute atomic E-state index is 12.4. The van der Waals surface area contributed by atoms with Gasteiger partial charge in [0.1, 0.15) is 5.69 Å². The normalized spacial score (nSPS) is 10.7. The van der Waals surface area contributed by atoms with Crippen LogP contribution in [-0.2, 0) is 0 Å². The van der Waals surface area contributed by atoms with Crippen molar-refractivity contribution in [1.82, 2.24) is 4.98 Å². The number of aromatic nitrogens is 1. The number of halogens is 4. The molecular weight excluding hydrogens is 326 g/mol. The quantitative estimate of drug-likeness (QED) is 0.615. The van der Waals surface area contributed by atoms with Gasteiger partial charge >= 0.3 is 0 Å². The lowest BCUT2D eigenvalue weighted by molar-refractivity contribution is 0.106. The minimum Gasteiger partial charge on any atom is -0.276 e. The zero-order valence-electron chi connectivity index (χ0n) is 7.02. The van der Waals surface area contributed by atoms with Crippen molar-refractivity contribution in [3.05, 3.63) is 26.6 Å². The van der Waals surface area contributed by atoms with Crippen LogP contribution in [0.3, 0.4) is 0 Å². The molecule has 0 bridgehead atoms. The number of pyridine rings is 1. The van der Waals surface area contributed by atoms with E-state index in [2.05, 4.69) is 4.98 Å². The zero-order valence-corrected chi connectivity index (χ0v) is 9.94. The summed E-state index contributed by atoms with van der Waals surface area (Å²) in [6.45, 7) is 1.56. The van der Waals surface area contributed by atoms with Gasteiger partial charge in [0.25, 0.3) is 11.7 Å². The van der Waals surface area contributed by atoms with Gasteiger partial charge in [0.05, 0.1) is 5.56 Å². The highest BCUT2D eigenvalue weighted by molar-refractivity contribution is 14.1. The molecule has 0 amide bonds. The summed E-state index contributed by atoms with van der Waals surface area (Å²) in [7, 11) is 0. The van der Waals surface area contributed by atoms with Crippen LogP contribution in [0.25, 0.3) is 0 Å². The van der Waals surface area contributed by atoms with Gasteiger partial charge in [0.15, 0.2) is 0 Å². The Morgan fingerprint density at radius 3 is 2.64 bits per heavy atom. The summed E-state index contributed by atoms with van der Waals surface area (Å²) in [6, 6.07) is 0. The van der Waals surface area contributed by atoms with Gasteiger partial charge in [0.2, 0.25) is 0 Å². The third-order valence-corrected chi connectivity index (χ3v) is 2.99. The van der Waals surface area contributed by atoms with E-state index >= 15 is 0 Å². The Balaban J connectivity index is 3.45. The maximum atomic E-state index is 12.4. The van der Waals surface area contributed by atoms with Crippen LogP contribution in [0.4, 0.5) is 8.78 Å². The Hall–Kier alpha value is -0.300. The predicted molar refractivity (Wildman–Crippen MR) is 56.8 cm³/mol. The van der Waals surface area contributed by atoms with Crippen molar-refractivity contribution in [1.29, 1.82) is 0 Å². The Morgan fingerprint density at radius 2 is 2.21 bits per heavy atom. The molecule has 0 aliphatic rings. The molecule has 1 aromatic rings. The maximum Gasteiger partial charge on any atom is 0.281 e. The first-order valence-electron chi connectivity index (χ1n) is 3.58. The summed E-state index contributed by atoms with van der Waals surface area (Å²) in [5.41, 5.74) is -0.299. The lowest BCUT2D eigenvalue weighted by Gasteiger charge is -2.08. The smallest absolute Gasteiger partial charge is 0.276 e. The minimum atomic E-state index is -2.79. The lowest BCUT2D eigenvalue weighted by Crippen LogP contribution is -2.06. The van der Waals surface area contributed by atoms with Crippen LogP contribution in [0.2, 0.25) is 0 Å². The molecule has 0 unspecified atom stereocenters. The monoisotopic (exact) mass is 331 g/mol. The van der Waals surface area contributed by atoms with Crippen molar-refractivity contribution in [3.63, 3.8) is 0 Å². The van der Waals surface area contributed by atoms with Gasteiger partial charge in [-0.1, -0.05) is 0 Å². The van der Waals surface area contributed by atoms with Gasteiger partial charge in [-0.05, 0) is 46.7 Å². The standard InChI is InChI=1S/C8H5ClF2INO/c1-3-4(12)2-13-6(8(10)11)5(3)7(9)14/h2,8H,1H3. The largest absolute Gasteiger partial charge is 0.281 e. The third kappa shape index (κ3) is 2.20. The molecule has 0 atom stereocenters. The van der Waals surface area contributed by atoms with E-state index in [4.69, 9.17) is 11.6 Å². The molecule has 6 heteroatoms. The Kier molecular flexibility index (Phi) is 3.77. The highest BCUT2D eigenvalue weighted by atomic mass is 127. The van der Waals surface area contributed by atoms with Gasteiger partial charge in [-0.2, -0.15) is 0 Å². The highest BCUT2D eigenvalue weighted by Gasteiger charge is 2.22. The number of nitrogens with zero attached hydrogens (tertiary/aromatic N) is 1. The number of rotatable bonds is 2. The molecule has 1 rings (SSSR count). The fraction of sp³-hybridized carbons (Fsp3) is 0.250. The number of hydrogen-bond donors (Lipinski definition) is 0. The van der Waals surface area contributed by atoms with Crippen LogP contribution >= 0.6 is 34.2 Å². The lowest BCUT2D eigenvalue weighted by atomic mass is 10.1. The third-order valence-electron chi connectivity index (χ3n) is 1.71. The first-order chi connectivity index (χ1) is 6.45. The fourth-order valence-electron chi connectivity index (χ4n) is 1.01. The Morgan fingerprint density at radius 1 is 1.64 bits per heavy atom. The van der Waals surface area contributed by atoms with Gasteiger partial charge in [0, 0.05) is 9.77 Å². The SMILES string of the molecule is Cc1c(I)cnc(C(F)F)c1C(=O)Cl. The second-order valence-corrected chi connectivity index (χ2v) is 4.07. The first-order valence-corrected chi connectivity index (χ1v) is 5.03. The molecule has 0 N–H and O–H groups in total. The van der Waals surface area contributed by atoms with Crippen LogP contribution in [0.1, 0.15) is 28.0 Å². The second-order valence-electron chi connectivity index (χ2n) is 2.57. The fourth-order valence-corrected chi connectivity index (χ4v) is 1.66. The molecule has 1 heterocycles. The van der Waals surface area contributed by atoms with E-state index < -0.39 is 17.4 Å². The molecule has 14 heavy (non-hydrogen) atoms. The second kappa shape index (κ2) is 4.48. The van der Waals surface area contributed by atoms with Gasteiger partial charge in [-0.3, -0.25) is 9.78 Å². The van der Waals surface area contributed by atoms with E-state index in [1.54, 1.807) is 6.92 Å². The zero-order chi connectivity index (χ0) is 10.9. The van der Waals surface area contributed by atoms with Crippen LogP contribution in [0.5, 0.6) is 0 Å². The molecule has 0 radical (unpaired) electrons. The summed E-state index contributed by atoms with van der Waals surface area (Å²) in [6.07, 6.45) is -1.50. The van der Waals surface area contributed by atoms with Crippen LogP contribution < -0.4 is 0 Å². The molecule has 0 fully saturated rings. The van der Waals surface area contributed by atoms with Gasteiger partial charge < -0.3 is 0 Å².